The van der Waals surface area contributed by atoms with Gasteiger partial charge in [0, 0.05) is 6.04 Å². The van der Waals surface area contributed by atoms with Crippen LogP contribution in [0.15, 0.2) is 24.4 Å². The monoisotopic (exact) mass is 253 g/mol. The average molecular weight is 253 g/mol. The number of methoxy groups -OCH3 is 1. The molecule has 0 amide bonds. The summed E-state index contributed by atoms with van der Waals surface area (Å²) >= 11 is 1.26. The van der Waals surface area contributed by atoms with Crippen LogP contribution in [-0.2, 0) is 6.42 Å². The van der Waals surface area contributed by atoms with Crippen LogP contribution in [0.3, 0.4) is 0 Å². The summed E-state index contributed by atoms with van der Waals surface area (Å²) in [4.78, 5) is 0.890. The summed E-state index contributed by atoms with van der Waals surface area (Å²) in [7, 11) is 1.44. The second-order valence-electron chi connectivity index (χ2n) is 3.60. The highest BCUT2D eigenvalue weighted by Crippen LogP contribution is 2.22. The van der Waals surface area contributed by atoms with Gasteiger partial charge in [-0.05, 0) is 35.6 Å². The lowest BCUT2D eigenvalue weighted by molar-refractivity contribution is 0.386. The molecule has 0 bridgehead atoms. The molecule has 1 aromatic carbocycles. The lowest BCUT2D eigenvalue weighted by Gasteiger charge is -2.09. The van der Waals surface area contributed by atoms with E-state index in [1.54, 1.807) is 18.3 Å². The minimum Gasteiger partial charge on any atom is -0.494 e. The molecule has 1 unspecified atom stereocenters. The summed E-state index contributed by atoms with van der Waals surface area (Å²) in [5, 5.41) is 3.72. The maximum atomic E-state index is 13.5. The summed E-state index contributed by atoms with van der Waals surface area (Å²) < 4.78 is 22.1. The normalized spacial score (nSPS) is 12.4. The highest BCUT2D eigenvalue weighted by Gasteiger charge is 2.11. The van der Waals surface area contributed by atoms with Gasteiger partial charge in [0.25, 0.3) is 0 Å². The summed E-state index contributed by atoms with van der Waals surface area (Å²) in [6.07, 6.45) is 2.18. The van der Waals surface area contributed by atoms with Crippen LogP contribution < -0.4 is 10.5 Å². The van der Waals surface area contributed by atoms with Gasteiger partial charge < -0.3 is 10.5 Å². The Bertz CT molecular complexity index is 489. The molecule has 0 aliphatic rings. The van der Waals surface area contributed by atoms with Crippen LogP contribution in [0.1, 0.15) is 16.5 Å². The Balaban J connectivity index is 2.11. The van der Waals surface area contributed by atoms with E-state index in [1.807, 2.05) is 0 Å². The van der Waals surface area contributed by atoms with Crippen LogP contribution in [0.25, 0.3) is 0 Å². The molecule has 6 heteroatoms. The number of rotatable bonds is 4. The van der Waals surface area contributed by atoms with Gasteiger partial charge in [-0.2, -0.15) is 0 Å². The first-order valence-electron chi connectivity index (χ1n) is 5.06. The van der Waals surface area contributed by atoms with Crippen molar-refractivity contribution in [1.29, 1.82) is 0 Å². The van der Waals surface area contributed by atoms with Gasteiger partial charge in [0.15, 0.2) is 11.6 Å². The molecule has 17 heavy (non-hydrogen) atoms. The minimum atomic E-state index is -0.375. The summed E-state index contributed by atoms with van der Waals surface area (Å²) in [5.74, 6) is -0.138. The Labute approximate surface area is 102 Å². The Hall–Kier alpha value is -1.53. The van der Waals surface area contributed by atoms with E-state index in [0.717, 1.165) is 10.4 Å². The maximum absolute atomic E-state index is 13.5. The van der Waals surface area contributed by atoms with Crippen LogP contribution in [0.2, 0.25) is 0 Å². The largest absolute Gasteiger partial charge is 0.494 e. The standard InChI is InChI=1S/C11H12FN3OS/c1-16-10-3-2-7(4-8(10)12)5-9(13)11-6-14-15-17-11/h2-4,6,9H,5,13H2,1H3. The molecule has 0 spiro atoms. The first-order chi connectivity index (χ1) is 8.20. The van der Waals surface area contributed by atoms with Crippen molar-refractivity contribution in [3.63, 3.8) is 0 Å². The molecule has 90 valence electrons. The molecular formula is C11H12FN3OS. The fourth-order valence-corrected chi connectivity index (χ4v) is 2.03. The summed E-state index contributed by atoms with van der Waals surface area (Å²) in [6.45, 7) is 0. The summed E-state index contributed by atoms with van der Waals surface area (Å²) in [6, 6.07) is 4.63. The Morgan fingerprint density at radius 2 is 2.35 bits per heavy atom. The van der Waals surface area contributed by atoms with Crippen molar-refractivity contribution in [3.8, 4) is 5.75 Å². The number of ether oxygens (including phenoxy) is 1. The van der Waals surface area contributed by atoms with Crippen LogP contribution >= 0.6 is 11.5 Å². The maximum Gasteiger partial charge on any atom is 0.165 e. The van der Waals surface area contributed by atoms with E-state index >= 15 is 0 Å². The quantitative estimate of drug-likeness (QED) is 0.904. The highest BCUT2D eigenvalue weighted by molar-refractivity contribution is 7.05. The lowest BCUT2D eigenvalue weighted by Crippen LogP contribution is -2.12. The van der Waals surface area contributed by atoms with Crippen LogP contribution in [0.4, 0.5) is 4.39 Å². The third-order valence-electron chi connectivity index (χ3n) is 2.42. The highest BCUT2D eigenvalue weighted by atomic mass is 32.1. The molecule has 2 rings (SSSR count). The van der Waals surface area contributed by atoms with Gasteiger partial charge in [-0.25, -0.2) is 4.39 Å². The topological polar surface area (TPSA) is 61.0 Å². The van der Waals surface area contributed by atoms with Crippen LogP contribution in [0.5, 0.6) is 5.75 Å². The number of nitrogens with two attached hydrogens (primary N) is 1. The van der Waals surface area contributed by atoms with Gasteiger partial charge in [0.1, 0.15) is 0 Å². The minimum absolute atomic E-state index is 0.206. The molecule has 0 saturated heterocycles. The van der Waals surface area contributed by atoms with E-state index < -0.39 is 0 Å². The molecule has 0 saturated carbocycles. The second kappa shape index (κ2) is 5.20. The zero-order valence-corrected chi connectivity index (χ0v) is 10.1. The van der Waals surface area contributed by atoms with Crippen molar-refractivity contribution < 1.29 is 9.13 Å². The first kappa shape index (κ1) is 11.9. The Morgan fingerprint density at radius 1 is 1.53 bits per heavy atom. The molecule has 2 N–H and O–H groups in total. The zero-order valence-electron chi connectivity index (χ0n) is 9.26. The molecule has 0 fully saturated rings. The van der Waals surface area contributed by atoms with E-state index in [2.05, 4.69) is 9.59 Å². The van der Waals surface area contributed by atoms with Gasteiger partial charge in [0.2, 0.25) is 0 Å². The zero-order chi connectivity index (χ0) is 12.3. The smallest absolute Gasteiger partial charge is 0.165 e. The average Bonchev–Trinajstić information content (AvgIpc) is 2.82. The molecule has 0 aliphatic carbocycles. The molecule has 0 aliphatic heterocycles. The predicted molar refractivity (Wildman–Crippen MR) is 63.5 cm³/mol. The van der Waals surface area contributed by atoms with E-state index in [4.69, 9.17) is 10.5 Å². The number of hydrogen-bond acceptors (Lipinski definition) is 5. The number of halogens is 1. The third-order valence-corrected chi connectivity index (χ3v) is 3.21. The van der Waals surface area contributed by atoms with E-state index in [-0.39, 0.29) is 17.6 Å². The second-order valence-corrected chi connectivity index (χ2v) is 4.42. The number of nitrogens with zero attached hydrogens (tertiary/aromatic N) is 2. The summed E-state index contributed by atoms with van der Waals surface area (Å²) in [5.41, 5.74) is 6.79. The molecule has 1 aromatic heterocycles. The van der Waals surface area contributed by atoms with E-state index in [0.29, 0.717) is 6.42 Å². The van der Waals surface area contributed by atoms with Gasteiger partial charge >= 0.3 is 0 Å². The van der Waals surface area contributed by atoms with Crippen molar-refractivity contribution in [2.45, 2.75) is 12.5 Å². The fraction of sp³-hybridized carbons (Fsp3) is 0.273. The SMILES string of the molecule is COc1ccc(CC(N)c2cnns2)cc1F. The predicted octanol–water partition coefficient (Wildman–Crippen LogP) is 1.93. The molecular weight excluding hydrogens is 241 g/mol. The molecule has 1 atom stereocenters. The molecule has 1 heterocycles. The van der Waals surface area contributed by atoms with Gasteiger partial charge in [-0.3, -0.25) is 0 Å². The number of benzene rings is 1. The first-order valence-corrected chi connectivity index (χ1v) is 5.83. The van der Waals surface area contributed by atoms with Crippen LogP contribution in [0, 0.1) is 5.82 Å². The van der Waals surface area contributed by atoms with Crippen molar-refractivity contribution in [3.05, 3.63) is 40.7 Å². The van der Waals surface area contributed by atoms with Gasteiger partial charge in [0.05, 0.1) is 18.2 Å². The molecule has 0 radical (unpaired) electrons. The number of aromatic nitrogens is 2. The van der Waals surface area contributed by atoms with Crippen molar-refractivity contribution in [2.75, 3.05) is 7.11 Å². The molecule has 2 aromatic rings. The van der Waals surface area contributed by atoms with Gasteiger partial charge in [-0.1, -0.05) is 10.6 Å². The van der Waals surface area contributed by atoms with Crippen LogP contribution in [-0.4, -0.2) is 16.7 Å². The Morgan fingerprint density at radius 3 is 2.94 bits per heavy atom. The van der Waals surface area contributed by atoms with Crippen molar-refractivity contribution in [1.82, 2.24) is 9.59 Å². The van der Waals surface area contributed by atoms with Gasteiger partial charge in [-0.15, -0.1) is 5.10 Å². The van der Waals surface area contributed by atoms with Crippen molar-refractivity contribution in [2.24, 2.45) is 5.73 Å². The van der Waals surface area contributed by atoms with Crippen molar-refractivity contribution >= 4 is 11.5 Å². The molecule has 4 nitrogen and oxygen atoms in total. The van der Waals surface area contributed by atoms with E-state index in [9.17, 15) is 4.39 Å². The Kier molecular flexibility index (Phi) is 3.65. The van der Waals surface area contributed by atoms with E-state index in [1.165, 1.54) is 24.7 Å². The third kappa shape index (κ3) is 2.78. The number of hydrogen-bond donors (Lipinski definition) is 1. The lowest BCUT2D eigenvalue weighted by atomic mass is 10.1. The fourth-order valence-electron chi connectivity index (χ4n) is 1.53.